The molecule has 0 bridgehead atoms. The van der Waals surface area contributed by atoms with E-state index in [9.17, 15) is 8.42 Å². The zero-order chi connectivity index (χ0) is 14.4. The van der Waals surface area contributed by atoms with Crippen LogP contribution in [0.15, 0.2) is 16.3 Å². The van der Waals surface area contributed by atoms with E-state index in [1.165, 1.54) is 24.2 Å². The normalized spacial score (nSPS) is 15.7. The van der Waals surface area contributed by atoms with Gasteiger partial charge in [-0.15, -0.1) is 11.3 Å². The predicted octanol–water partition coefficient (Wildman–Crippen LogP) is 2.07. The minimum atomic E-state index is -3.31. The summed E-state index contributed by atoms with van der Waals surface area (Å²) in [4.78, 5) is 1.13. The molecule has 1 aromatic rings. The van der Waals surface area contributed by atoms with Gasteiger partial charge in [0.05, 0.1) is 0 Å². The van der Waals surface area contributed by atoms with E-state index in [1.807, 2.05) is 12.3 Å². The fraction of sp³-hybridized carbons (Fsp3) is 0.692. The molecule has 7 heteroatoms. The molecule has 1 aliphatic rings. The number of nitrogens with one attached hydrogen (secondary N) is 2. The van der Waals surface area contributed by atoms with Crippen LogP contribution in [0.2, 0.25) is 0 Å². The Kier molecular flexibility index (Phi) is 6.35. The van der Waals surface area contributed by atoms with Crippen LogP contribution in [0.5, 0.6) is 0 Å². The minimum absolute atomic E-state index is 0.433. The Hall–Kier alpha value is -0.0800. The van der Waals surface area contributed by atoms with Gasteiger partial charge < -0.3 is 5.32 Å². The maximum atomic E-state index is 12.1. The molecule has 0 aliphatic heterocycles. The van der Waals surface area contributed by atoms with Gasteiger partial charge in [-0.25, -0.2) is 13.1 Å². The molecule has 2 N–H and O–H groups in total. The summed E-state index contributed by atoms with van der Waals surface area (Å²) in [5.74, 6) is 0.977. The third kappa shape index (κ3) is 5.37. The lowest BCUT2D eigenvalue weighted by molar-refractivity contribution is 0.583. The fourth-order valence-corrected chi connectivity index (χ4v) is 4.73. The first-order valence-electron chi connectivity index (χ1n) is 6.92. The highest BCUT2D eigenvalue weighted by Crippen LogP contribution is 2.22. The molecule has 0 unspecified atom stereocenters. The second-order valence-electron chi connectivity index (χ2n) is 4.94. The Balaban J connectivity index is 1.79. The fourth-order valence-electron chi connectivity index (χ4n) is 1.82. The van der Waals surface area contributed by atoms with Gasteiger partial charge >= 0.3 is 0 Å². The molecule has 1 aliphatic carbocycles. The summed E-state index contributed by atoms with van der Waals surface area (Å²) in [5, 5.41) is 3.44. The standard InChI is InChI=1S/C13H22N2O2S3/c1-18-10-2-8-15-20(16,17)13-6-5-12(19-13)7-9-14-11-3-4-11/h5-6,11,14-15H,2-4,7-10H2,1H3. The van der Waals surface area contributed by atoms with Crippen molar-refractivity contribution < 1.29 is 8.42 Å². The summed E-state index contributed by atoms with van der Waals surface area (Å²) in [5.41, 5.74) is 0. The summed E-state index contributed by atoms with van der Waals surface area (Å²) < 4.78 is 27.2. The Bertz CT molecular complexity index is 509. The van der Waals surface area contributed by atoms with E-state index in [2.05, 4.69) is 10.0 Å². The van der Waals surface area contributed by atoms with E-state index in [0.717, 1.165) is 30.0 Å². The monoisotopic (exact) mass is 334 g/mol. The lowest BCUT2D eigenvalue weighted by Gasteiger charge is -2.03. The molecule has 0 spiro atoms. The van der Waals surface area contributed by atoms with Crippen LogP contribution in [0.4, 0.5) is 0 Å². The summed E-state index contributed by atoms with van der Waals surface area (Å²) in [7, 11) is -3.31. The van der Waals surface area contributed by atoms with Crippen LogP contribution in [-0.2, 0) is 16.4 Å². The highest BCUT2D eigenvalue weighted by atomic mass is 32.2. The highest BCUT2D eigenvalue weighted by Gasteiger charge is 2.20. The van der Waals surface area contributed by atoms with Gasteiger partial charge in [-0.1, -0.05) is 0 Å². The van der Waals surface area contributed by atoms with E-state index >= 15 is 0 Å². The van der Waals surface area contributed by atoms with Gasteiger partial charge in [0.1, 0.15) is 4.21 Å². The van der Waals surface area contributed by atoms with Crippen molar-refractivity contribution in [3.05, 3.63) is 17.0 Å². The smallest absolute Gasteiger partial charge is 0.250 e. The molecule has 1 fully saturated rings. The number of rotatable bonds is 10. The van der Waals surface area contributed by atoms with Crippen molar-refractivity contribution >= 4 is 33.1 Å². The highest BCUT2D eigenvalue weighted by molar-refractivity contribution is 7.98. The van der Waals surface area contributed by atoms with Crippen molar-refractivity contribution in [2.75, 3.05) is 25.1 Å². The molecule has 1 saturated carbocycles. The molecule has 1 heterocycles. The second kappa shape index (κ2) is 7.79. The van der Waals surface area contributed by atoms with E-state index in [4.69, 9.17) is 0 Å². The molecule has 1 aromatic heterocycles. The van der Waals surface area contributed by atoms with Crippen LogP contribution in [0, 0.1) is 0 Å². The van der Waals surface area contributed by atoms with Gasteiger partial charge in [0, 0.05) is 24.0 Å². The van der Waals surface area contributed by atoms with Gasteiger partial charge in [0.25, 0.3) is 0 Å². The first-order valence-corrected chi connectivity index (χ1v) is 10.6. The van der Waals surface area contributed by atoms with Gasteiger partial charge in [-0.3, -0.25) is 0 Å². The maximum absolute atomic E-state index is 12.1. The zero-order valence-corrected chi connectivity index (χ0v) is 14.2. The van der Waals surface area contributed by atoms with Crippen LogP contribution in [0.1, 0.15) is 24.1 Å². The van der Waals surface area contributed by atoms with Crippen LogP contribution in [0.25, 0.3) is 0 Å². The largest absolute Gasteiger partial charge is 0.314 e. The van der Waals surface area contributed by atoms with E-state index in [0.29, 0.717) is 16.8 Å². The lowest BCUT2D eigenvalue weighted by Crippen LogP contribution is -2.24. The molecule has 0 amide bonds. The van der Waals surface area contributed by atoms with Crippen molar-refractivity contribution in [3.63, 3.8) is 0 Å². The van der Waals surface area contributed by atoms with Crippen molar-refractivity contribution in [1.29, 1.82) is 0 Å². The number of thiophene rings is 1. The van der Waals surface area contributed by atoms with Crippen LogP contribution >= 0.6 is 23.1 Å². The lowest BCUT2D eigenvalue weighted by atomic mass is 10.3. The number of hydrogen-bond donors (Lipinski definition) is 2. The SMILES string of the molecule is CSCCCNS(=O)(=O)c1ccc(CCNC2CC2)s1. The molecule has 20 heavy (non-hydrogen) atoms. The zero-order valence-electron chi connectivity index (χ0n) is 11.7. The average molecular weight is 335 g/mol. The third-order valence-electron chi connectivity index (χ3n) is 3.10. The van der Waals surface area contributed by atoms with E-state index in [-0.39, 0.29) is 0 Å². The summed E-state index contributed by atoms with van der Waals surface area (Å²) in [6.45, 7) is 1.45. The van der Waals surface area contributed by atoms with Crippen LogP contribution in [-0.4, -0.2) is 39.6 Å². The van der Waals surface area contributed by atoms with Gasteiger partial charge in [0.15, 0.2) is 0 Å². The Morgan fingerprint density at radius 2 is 2.15 bits per heavy atom. The predicted molar refractivity (Wildman–Crippen MR) is 87.2 cm³/mol. The molecule has 0 atom stereocenters. The molecule has 0 saturated heterocycles. The Morgan fingerprint density at radius 1 is 1.35 bits per heavy atom. The average Bonchev–Trinajstić information content (AvgIpc) is 3.10. The molecule has 114 valence electrons. The minimum Gasteiger partial charge on any atom is -0.314 e. The van der Waals surface area contributed by atoms with Crippen molar-refractivity contribution in [2.24, 2.45) is 0 Å². The van der Waals surface area contributed by atoms with E-state index in [1.54, 1.807) is 17.8 Å². The van der Waals surface area contributed by atoms with Crippen LogP contribution in [0.3, 0.4) is 0 Å². The molecule has 0 radical (unpaired) electrons. The third-order valence-corrected chi connectivity index (χ3v) is 6.90. The van der Waals surface area contributed by atoms with Gasteiger partial charge in [0.2, 0.25) is 10.0 Å². The molecular weight excluding hydrogens is 312 g/mol. The van der Waals surface area contributed by atoms with Crippen LogP contribution < -0.4 is 10.0 Å². The Morgan fingerprint density at radius 3 is 2.85 bits per heavy atom. The topological polar surface area (TPSA) is 58.2 Å². The number of thioether (sulfide) groups is 1. The number of hydrogen-bond acceptors (Lipinski definition) is 5. The van der Waals surface area contributed by atoms with Gasteiger partial charge in [-0.2, -0.15) is 11.8 Å². The maximum Gasteiger partial charge on any atom is 0.250 e. The van der Waals surface area contributed by atoms with E-state index < -0.39 is 10.0 Å². The summed E-state index contributed by atoms with van der Waals surface area (Å²) in [6, 6.07) is 4.35. The molecule has 2 rings (SSSR count). The first-order chi connectivity index (χ1) is 9.62. The van der Waals surface area contributed by atoms with Crippen molar-refractivity contribution in [3.8, 4) is 0 Å². The van der Waals surface area contributed by atoms with Crippen molar-refractivity contribution in [1.82, 2.24) is 10.0 Å². The Labute approximate surface area is 129 Å². The van der Waals surface area contributed by atoms with Crippen molar-refractivity contribution in [2.45, 2.75) is 35.9 Å². The second-order valence-corrected chi connectivity index (χ2v) is 9.09. The quantitative estimate of drug-likeness (QED) is 0.643. The molecule has 4 nitrogen and oxygen atoms in total. The molecule has 0 aromatic carbocycles. The summed E-state index contributed by atoms with van der Waals surface area (Å²) in [6.07, 6.45) is 6.36. The summed E-state index contributed by atoms with van der Waals surface area (Å²) >= 11 is 3.11. The first kappa shape index (κ1) is 16.3. The molecular formula is C13H22N2O2S3. The van der Waals surface area contributed by atoms with Gasteiger partial charge in [-0.05, 0) is 49.8 Å². The number of sulfonamides is 1.